The van der Waals surface area contributed by atoms with Gasteiger partial charge in [-0.1, -0.05) is 12.1 Å². The highest BCUT2D eigenvalue weighted by Crippen LogP contribution is 2.21. The Kier molecular flexibility index (Phi) is 4.70. The number of aryl methyl sites for hydroxylation is 1. The van der Waals surface area contributed by atoms with Crippen molar-refractivity contribution in [1.29, 1.82) is 0 Å². The molecule has 0 saturated heterocycles. The Morgan fingerprint density at radius 2 is 2.41 bits per heavy atom. The Labute approximate surface area is 134 Å². The Morgan fingerprint density at radius 1 is 1.50 bits per heavy atom. The van der Waals surface area contributed by atoms with Crippen LogP contribution in [0.1, 0.15) is 16.9 Å². The molecule has 1 aliphatic rings. The summed E-state index contributed by atoms with van der Waals surface area (Å²) in [5.74, 6) is 0.0895. The smallest absolute Gasteiger partial charge is 0.234 e. The van der Waals surface area contributed by atoms with Crippen molar-refractivity contribution in [2.45, 2.75) is 13.0 Å². The maximum Gasteiger partial charge on any atom is 0.234 e. The van der Waals surface area contributed by atoms with Crippen LogP contribution in [-0.2, 0) is 18.4 Å². The zero-order chi connectivity index (χ0) is 15.4. The van der Waals surface area contributed by atoms with E-state index < -0.39 is 0 Å². The van der Waals surface area contributed by atoms with Gasteiger partial charge in [-0.05, 0) is 23.4 Å². The minimum Gasteiger partial charge on any atom is -0.350 e. The average molecular weight is 316 g/mol. The van der Waals surface area contributed by atoms with E-state index in [9.17, 15) is 4.79 Å². The van der Waals surface area contributed by atoms with Crippen LogP contribution in [0.25, 0.3) is 5.57 Å². The monoisotopic (exact) mass is 316 g/mol. The zero-order valence-corrected chi connectivity index (χ0v) is 13.5. The van der Waals surface area contributed by atoms with Crippen LogP contribution in [0.15, 0.2) is 36.0 Å². The summed E-state index contributed by atoms with van der Waals surface area (Å²) in [5, 5.41) is 9.21. The molecule has 0 aliphatic carbocycles. The molecule has 0 saturated carbocycles. The molecule has 116 valence electrons. The molecule has 0 radical (unpaired) electrons. The predicted molar refractivity (Wildman–Crippen MR) is 88.4 cm³/mol. The van der Waals surface area contributed by atoms with Gasteiger partial charge in [0.15, 0.2) is 0 Å². The number of amides is 1. The second kappa shape index (κ2) is 6.89. The van der Waals surface area contributed by atoms with E-state index in [1.807, 2.05) is 41.6 Å². The first-order valence-electron chi connectivity index (χ1n) is 7.40. The van der Waals surface area contributed by atoms with Crippen LogP contribution in [0.5, 0.6) is 0 Å². The van der Waals surface area contributed by atoms with Gasteiger partial charge in [-0.25, -0.2) is 0 Å². The van der Waals surface area contributed by atoms with Crippen LogP contribution < -0.4 is 5.32 Å². The lowest BCUT2D eigenvalue weighted by atomic mass is 10.0. The third kappa shape index (κ3) is 3.84. The molecule has 1 amide bonds. The lowest BCUT2D eigenvalue weighted by molar-refractivity contribution is -0.122. The first-order valence-corrected chi connectivity index (χ1v) is 8.28. The summed E-state index contributed by atoms with van der Waals surface area (Å²) in [4.78, 5) is 15.3. The van der Waals surface area contributed by atoms with Crippen LogP contribution >= 0.6 is 11.3 Å². The van der Waals surface area contributed by atoms with Crippen molar-refractivity contribution in [3.63, 3.8) is 0 Å². The van der Waals surface area contributed by atoms with Crippen molar-refractivity contribution in [2.24, 2.45) is 7.05 Å². The van der Waals surface area contributed by atoms with Crippen molar-refractivity contribution in [1.82, 2.24) is 20.0 Å². The molecule has 3 heterocycles. The SMILES string of the molecule is Cn1cc(C2=CCN(CC(=O)NCc3cccs3)CC2)cn1. The zero-order valence-electron chi connectivity index (χ0n) is 12.7. The summed E-state index contributed by atoms with van der Waals surface area (Å²) in [7, 11) is 1.93. The van der Waals surface area contributed by atoms with Gasteiger partial charge in [-0.3, -0.25) is 14.4 Å². The molecule has 0 unspecified atom stereocenters. The largest absolute Gasteiger partial charge is 0.350 e. The highest BCUT2D eigenvalue weighted by atomic mass is 32.1. The first-order chi connectivity index (χ1) is 10.7. The molecule has 3 rings (SSSR count). The number of hydrogen-bond acceptors (Lipinski definition) is 4. The van der Waals surface area contributed by atoms with Crippen molar-refractivity contribution in [3.8, 4) is 0 Å². The summed E-state index contributed by atoms with van der Waals surface area (Å²) in [6.07, 6.45) is 7.10. The summed E-state index contributed by atoms with van der Waals surface area (Å²) in [6.45, 7) is 2.81. The van der Waals surface area contributed by atoms with E-state index in [0.29, 0.717) is 13.1 Å². The molecular formula is C16H20N4OS. The van der Waals surface area contributed by atoms with Gasteiger partial charge in [0.2, 0.25) is 5.91 Å². The van der Waals surface area contributed by atoms with Gasteiger partial charge >= 0.3 is 0 Å². The maximum atomic E-state index is 12.0. The van der Waals surface area contributed by atoms with Crippen molar-refractivity contribution < 1.29 is 4.79 Å². The van der Waals surface area contributed by atoms with E-state index >= 15 is 0 Å². The summed E-state index contributed by atoms with van der Waals surface area (Å²) in [5.41, 5.74) is 2.51. The molecule has 0 bridgehead atoms. The quantitative estimate of drug-likeness (QED) is 0.916. The van der Waals surface area contributed by atoms with E-state index in [4.69, 9.17) is 0 Å². The molecule has 0 aromatic carbocycles. The highest BCUT2D eigenvalue weighted by molar-refractivity contribution is 7.09. The van der Waals surface area contributed by atoms with Gasteiger partial charge in [-0.15, -0.1) is 11.3 Å². The average Bonchev–Trinajstić information content (AvgIpc) is 3.17. The Morgan fingerprint density at radius 3 is 3.05 bits per heavy atom. The number of thiophene rings is 1. The molecule has 6 heteroatoms. The van der Waals surface area contributed by atoms with Gasteiger partial charge in [0.1, 0.15) is 0 Å². The molecule has 1 aliphatic heterocycles. The number of nitrogens with zero attached hydrogens (tertiary/aromatic N) is 3. The van der Waals surface area contributed by atoms with Crippen LogP contribution in [0.2, 0.25) is 0 Å². The number of carbonyl (C=O) groups is 1. The highest BCUT2D eigenvalue weighted by Gasteiger charge is 2.16. The van der Waals surface area contributed by atoms with Gasteiger partial charge in [0.05, 0.1) is 19.3 Å². The molecule has 0 atom stereocenters. The van der Waals surface area contributed by atoms with Crippen LogP contribution in [0, 0.1) is 0 Å². The van der Waals surface area contributed by atoms with E-state index in [0.717, 1.165) is 19.5 Å². The minimum atomic E-state index is 0.0895. The fourth-order valence-electron chi connectivity index (χ4n) is 2.56. The van der Waals surface area contributed by atoms with E-state index in [1.165, 1.54) is 16.0 Å². The Balaban J connectivity index is 1.47. The fourth-order valence-corrected chi connectivity index (χ4v) is 3.21. The molecule has 0 fully saturated rings. The second-order valence-corrected chi connectivity index (χ2v) is 6.51. The summed E-state index contributed by atoms with van der Waals surface area (Å²) >= 11 is 1.67. The second-order valence-electron chi connectivity index (χ2n) is 5.47. The van der Waals surface area contributed by atoms with Crippen LogP contribution in [0.3, 0.4) is 0 Å². The van der Waals surface area contributed by atoms with Gasteiger partial charge in [0.25, 0.3) is 0 Å². The van der Waals surface area contributed by atoms with Crippen LogP contribution in [-0.4, -0.2) is 40.2 Å². The number of hydrogen-bond donors (Lipinski definition) is 1. The van der Waals surface area contributed by atoms with Crippen LogP contribution in [0.4, 0.5) is 0 Å². The Bertz CT molecular complexity index is 660. The normalized spacial score (nSPS) is 15.6. The predicted octanol–water partition coefficient (Wildman–Crippen LogP) is 1.89. The topological polar surface area (TPSA) is 50.2 Å². The van der Waals surface area contributed by atoms with Crippen molar-refractivity contribution >= 4 is 22.8 Å². The molecule has 22 heavy (non-hydrogen) atoms. The maximum absolute atomic E-state index is 12.0. The standard InChI is InChI=1S/C16H20N4OS/c1-19-11-14(9-18-19)13-4-6-20(7-5-13)12-16(21)17-10-15-3-2-8-22-15/h2-4,8-9,11H,5-7,10,12H2,1H3,(H,17,21). The summed E-state index contributed by atoms with van der Waals surface area (Å²) in [6, 6.07) is 4.04. The molecule has 5 nitrogen and oxygen atoms in total. The number of carbonyl (C=O) groups excluding carboxylic acids is 1. The number of aromatic nitrogens is 2. The fraction of sp³-hybridized carbons (Fsp3) is 0.375. The molecule has 2 aromatic heterocycles. The third-order valence-corrected chi connectivity index (χ3v) is 4.65. The van der Waals surface area contributed by atoms with E-state index in [1.54, 1.807) is 11.3 Å². The molecule has 1 N–H and O–H groups in total. The van der Waals surface area contributed by atoms with Gasteiger partial charge in [0, 0.05) is 36.8 Å². The lowest BCUT2D eigenvalue weighted by Crippen LogP contribution is -2.38. The van der Waals surface area contributed by atoms with Crippen molar-refractivity contribution in [2.75, 3.05) is 19.6 Å². The van der Waals surface area contributed by atoms with E-state index in [-0.39, 0.29) is 5.91 Å². The van der Waals surface area contributed by atoms with Gasteiger partial charge in [-0.2, -0.15) is 5.10 Å². The number of rotatable bonds is 5. The Hall–Kier alpha value is -1.92. The van der Waals surface area contributed by atoms with Crippen molar-refractivity contribution in [3.05, 3.63) is 46.4 Å². The third-order valence-electron chi connectivity index (χ3n) is 3.78. The number of nitrogens with one attached hydrogen (secondary N) is 1. The first kappa shape index (κ1) is 15.0. The molecular weight excluding hydrogens is 296 g/mol. The van der Waals surface area contributed by atoms with E-state index in [2.05, 4.69) is 21.4 Å². The molecule has 0 spiro atoms. The molecule has 2 aromatic rings. The minimum absolute atomic E-state index is 0.0895. The summed E-state index contributed by atoms with van der Waals surface area (Å²) < 4.78 is 1.82. The van der Waals surface area contributed by atoms with Gasteiger partial charge < -0.3 is 5.32 Å². The lowest BCUT2D eigenvalue weighted by Gasteiger charge is -2.25.